The van der Waals surface area contributed by atoms with Gasteiger partial charge in [-0.05, 0) is 55.9 Å². The first-order valence-electron chi connectivity index (χ1n) is 9.63. The molecule has 0 radical (unpaired) electrons. The summed E-state index contributed by atoms with van der Waals surface area (Å²) in [6.07, 6.45) is 3.63. The van der Waals surface area contributed by atoms with Crippen LogP contribution < -0.4 is 10.5 Å². The molecule has 1 aromatic carbocycles. The van der Waals surface area contributed by atoms with E-state index in [9.17, 15) is 13.2 Å². The highest BCUT2D eigenvalue weighted by molar-refractivity contribution is 7.89. The van der Waals surface area contributed by atoms with E-state index < -0.39 is 10.0 Å². The number of nitrogens with two attached hydrogens (primary N) is 1. The molecule has 150 valence electrons. The fraction of sp³-hybridized carbons (Fsp3) is 0.632. The van der Waals surface area contributed by atoms with Crippen molar-refractivity contribution in [2.24, 2.45) is 11.7 Å². The number of rotatable bonds is 6. The van der Waals surface area contributed by atoms with Gasteiger partial charge in [-0.1, -0.05) is 6.92 Å². The fourth-order valence-corrected chi connectivity index (χ4v) is 4.84. The van der Waals surface area contributed by atoms with Gasteiger partial charge in [-0.3, -0.25) is 4.79 Å². The molecule has 3 rings (SSSR count). The number of piperidine rings is 1. The van der Waals surface area contributed by atoms with Crippen LogP contribution in [0.1, 0.15) is 43.0 Å². The Balaban J connectivity index is 1.66. The van der Waals surface area contributed by atoms with E-state index in [0.717, 1.165) is 25.7 Å². The third kappa shape index (κ3) is 4.87. The highest BCUT2D eigenvalue weighted by Crippen LogP contribution is 2.24. The average molecular weight is 396 g/mol. The summed E-state index contributed by atoms with van der Waals surface area (Å²) in [5, 5.41) is 0. The van der Waals surface area contributed by atoms with Crippen molar-refractivity contribution in [3.05, 3.63) is 29.8 Å². The Labute approximate surface area is 161 Å². The Bertz CT molecular complexity index is 745. The molecule has 2 aliphatic rings. The summed E-state index contributed by atoms with van der Waals surface area (Å²) < 4.78 is 32.9. The topological polar surface area (TPSA) is 102 Å². The minimum absolute atomic E-state index is 0.0396. The molecular weight excluding hydrogens is 366 g/mol. The lowest BCUT2D eigenvalue weighted by atomic mass is 9.92. The van der Waals surface area contributed by atoms with Crippen molar-refractivity contribution in [1.82, 2.24) is 9.62 Å². The highest BCUT2D eigenvalue weighted by atomic mass is 32.2. The normalized spacial score (nSPS) is 26.3. The molecule has 1 amide bonds. The van der Waals surface area contributed by atoms with Crippen LogP contribution in [0, 0.1) is 5.92 Å². The molecule has 7 nitrogen and oxygen atoms in total. The van der Waals surface area contributed by atoms with Crippen LogP contribution in [0.2, 0.25) is 0 Å². The minimum Gasteiger partial charge on any atom is -0.377 e. The number of ether oxygens (including phenoxy) is 1. The van der Waals surface area contributed by atoms with E-state index >= 15 is 0 Å². The van der Waals surface area contributed by atoms with Crippen LogP contribution >= 0.6 is 0 Å². The molecule has 0 aliphatic carbocycles. The van der Waals surface area contributed by atoms with Gasteiger partial charge in [0.25, 0.3) is 5.91 Å². The quantitative estimate of drug-likeness (QED) is 0.757. The van der Waals surface area contributed by atoms with Crippen molar-refractivity contribution in [3.8, 4) is 0 Å². The zero-order valence-electron chi connectivity index (χ0n) is 15.8. The highest BCUT2D eigenvalue weighted by Gasteiger charge is 2.29. The van der Waals surface area contributed by atoms with Gasteiger partial charge < -0.3 is 15.4 Å². The first-order valence-corrected chi connectivity index (χ1v) is 11.1. The second kappa shape index (κ2) is 8.68. The Morgan fingerprint density at radius 2 is 2.04 bits per heavy atom. The zero-order valence-corrected chi connectivity index (χ0v) is 16.6. The number of amides is 1. The van der Waals surface area contributed by atoms with Crippen LogP contribution in [0.4, 0.5) is 0 Å². The summed E-state index contributed by atoms with van der Waals surface area (Å²) in [4.78, 5) is 14.8. The van der Waals surface area contributed by atoms with Crippen LogP contribution in [0.3, 0.4) is 0 Å². The number of hydrogen-bond donors (Lipinski definition) is 2. The molecule has 0 saturated carbocycles. The third-order valence-electron chi connectivity index (χ3n) is 5.45. The van der Waals surface area contributed by atoms with Crippen LogP contribution in [0.25, 0.3) is 0 Å². The third-order valence-corrected chi connectivity index (χ3v) is 6.89. The van der Waals surface area contributed by atoms with Crippen LogP contribution in [0.5, 0.6) is 0 Å². The van der Waals surface area contributed by atoms with E-state index in [-0.39, 0.29) is 29.5 Å². The lowest BCUT2D eigenvalue weighted by molar-refractivity contribution is 0.0573. The van der Waals surface area contributed by atoms with Crippen LogP contribution in [-0.2, 0) is 14.8 Å². The predicted molar refractivity (Wildman–Crippen MR) is 103 cm³/mol. The number of likely N-dealkylation sites (tertiary alicyclic amines) is 1. The standard InChI is InChI=1S/C19H29N3O4S/c1-14-8-9-22(16(11-14)12-20)19(23)15-4-6-18(7-5-15)27(24,25)21-13-17-3-2-10-26-17/h4-7,14,16-17,21H,2-3,8-13,20H2,1H3. The van der Waals surface area contributed by atoms with Gasteiger partial charge in [0.1, 0.15) is 0 Å². The summed E-state index contributed by atoms with van der Waals surface area (Å²) in [5.74, 6) is 0.471. The molecule has 2 aliphatic heterocycles. The van der Waals surface area contributed by atoms with Crippen molar-refractivity contribution in [1.29, 1.82) is 0 Å². The molecule has 2 heterocycles. The van der Waals surface area contributed by atoms with E-state index in [4.69, 9.17) is 10.5 Å². The smallest absolute Gasteiger partial charge is 0.254 e. The zero-order chi connectivity index (χ0) is 19.4. The van der Waals surface area contributed by atoms with E-state index in [0.29, 0.717) is 31.2 Å². The Morgan fingerprint density at radius 3 is 2.67 bits per heavy atom. The monoisotopic (exact) mass is 395 g/mol. The van der Waals surface area contributed by atoms with Crippen molar-refractivity contribution in [2.45, 2.75) is 49.6 Å². The van der Waals surface area contributed by atoms with Gasteiger partial charge in [0.15, 0.2) is 0 Å². The minimum atomic E-state index is -3.61. The lowest BCUT2D eigenvalue weighted by Gasteiger charge is -2.38. The van der Waals surface area contributed by atoms with E-state index in [1.165, 1.54) is 12.1 Å². The summed E-state index contributed by atoms with van der Waals surface area (Å²) in [5.41, 5.74) is 6.33. The first kappa shape index (κ1) is 20.3. The predicted octanol–water partition coefficient (Wildman–Crippen LogP) is 1.34. The SMILES string of the molecule is CC1CCN(C(=O)c2ccc(S(=O)(=O)NCC3CCCO3)cc2)C(CN)C1. The Hall–Kier alpha value is -1.48. The summed E-state index contributed by atoms with van der Waals surface area (Å²) in [6.45, 7) is 4.25. The number of sulfonamides is 1. The molecule has 27 heavy (non-hydrogen) atoms. The molecule has 3 N–H and O–H groups in total. The number of nitrogens with zero attached hydrogens (tertiary/aromatic N) is 1. The van der Waals surface area contributed by atoms with Gasteiger partial charge in [0.05, 0.1) is 11.0 Å². The van der Waals surface area contributed by atoms with E-state index in [2.05, 4.69) is 11.6 Å². The van der Waals surface area contributed by atoms with E-state index in [1.54, 1.807) is 12.1 Å². The molecule has 0 spiro atoms. The largest absolute Gasteiger partial charge is 0.377 e. The van der Waals surface area contributed by atoms with Gasteiger partial charge in [-0.2, -0.15) is 0 Å². The summed E-state index contributed by atoms with van der Waals surface area (Å²) in [7, 11) is -3.61. The first-order chi connectivity index (χ1) is 12.9. The molecule has 3 unspecified atom stereocenters. The molecule has 0 bridgehead atoms. The maximum Gasteiger partial charge on any atom is 0.254 e. The van der Waals surface area contributed by atoms with Crippen LogP contribution in [0.15, 0.2) is 29.2 Å². The number of hydrogen-bond acceptors (Lipinski definition) is 5. The van der Waals surface area contributed by atoms with Crippen molar-refractivity contribution in [2.75, 3.05) is 26.2 Å². The summed E-state index contributed by atoms with van der Waals surface area (Å²) >= 11 is 0. The Morgan fingerprint density at radius 1 is 1.30 bits per heavy atom. The Kier molecular flexibility index (Phi) is 6.52. The lowest BCUT2D eigenvalue weighted by Crippen LogP contribution is -2.49. The van der Waals surface area contributed by atoms with Crippen molar-refractivity contribution < 1.29 is 17.9 Å². The molecular formula is C19H29N3O4S. The number of benzene rings is 1. The molecule has 8 heteroatoms. The summed E-state index contributed by atoms with van der Waals surface area (Å²) in [6, 6.07) is 6.16. The molecule has 3 atom stereocenters. The van der Waals surface area contributed by atoms with Gasteiger partial charge in [-0.25, -0.2) is 13.1 Å². The van der Waals surface area contributed by atoms with Crippen molar-refractivity contribution >= 4 is 15.9 Å². The van der Waals surface area contributed by atoms with E-state index in [1.807, 2.05) is 4.90 Å². The maximum atomic E-state index is 12.8. The molecule has 2 saturated heterocycles. The maximum absolute atomic E-state index is 12.8. The number of carbonyl (C=O) groups excluding carboxylic acids is 1. The molecule has 0 aromatic heterocycles. The number of carbonyl (C=O) groups is 1. The molecule has 1 aromatic rings. The van der Waals surface area contributed by atoms with Gasteiger partial charge in [0.2, 0.25) is 10.0 Å². The van der Waals surface area contributed by atoms with Gasteiger partial charge >= 0.3 is 0 Å². The average Bonchev–Trinajstić information content (AvgIpc) is 3.19. The fourth-order valence-electron chi connectivity index (χ4n) is 3.78. The van der Waals surface area contributed by atoms with Gasteiger partial charge in [-0.15, -0.1) is 0 Å². The van der Waals surface area contributed by atoms with Gasteiger partial charge in [0, 0.05) is 37.8 Å². The second-order valence-corrected chi connectivity index (χ2v) is 9.30. The number of nitrogens with one attached hydrogen (secondary N) is 1. The van der Waals surface area contributed by atoms with Crippen molar-refractivity contribution in [3.63, 3.8) is 0 Å². The van der Waals surface area contributed by atoms with Crippen LogP contribution in [-0.4, -0.2) is 57.6 Å². The second-order valence-electron chi connectivity index (χ2n) is 7.53. The molecule has 2 fully saturated rings.